The summed E-state index contributed by atoms with van der Waals surface area (Å²) in [4.78, 5) is 14.5. The van der Waals surface area contributed by atoms with Gasteiger partial charge in [0.15, 0.2) is 0 Å². The van der Waals surface area contributed by atoms with E-state index in [1.807, 2.05) is 11.4 Å². The van der Waals surface area contributed by atoms with Crippen LogP contribution >= 0.6 is 11.3 Å². The van der Waals surface area contributed by atoms with Gasteiger partial charge in [0.1, 0.15) is 0 Å². The molecule has 2 rings (SSSR count). The van der Waals surface area contributed by atoms with Crippen LogP contribution in [0.5, 0.6) is 0 Å². The molecule has 1 aromatic rings. The van der Waals surface area contributed by atoms with Gasteiger partial charge < -0.3 is 9.84 Å². The fourth-order valence-corrected chi connectivity index (χ4v) is 2.97. The number of nitrogen functional groups attached to an aromatic ring is 1. The Bertz CT molecular complexity index is 438. The van der Waals surface area contributed by atoms with Gasteiger partial charge in [-0.2, -0.15) is 0 Å². The van der Waals surface area contributed by atoms with Gasteiger partial charge in [-0.25, -0.2) is 5.84 Å². The molecular formula is C12H19N3O3S. The highest BCUT2D eigenvalue weighted by Crippen LogP contribution is 2.21. The second-order valence-corrected chi connectivity index (χ2v) is 5.58. The number of morpholine rings is 1. The Hall–Kier alpha value is -0.990. The van der Waals surface area contributed by atoms with E-state index in [9.17, 15) is 9.90 Å². The zero-order chi connectivity index (χ0) is 13.8. The van der Waals surface area contributed by atoms with Crippen molar-refractivity contribution in [1.82, 2.24) is 10.3 Å². The standard InChI is InChI=1S/C12H19N3O3S/c1-8-7-18-10(6-16)5-15(8)4-9-2-3-19-11(9)12(17)14-13/h2-3,8,10,16H,4-7,13H2,1H3,(H,14,17). The average Bonchev–Trinajstić information content (AvgIpc) is 2.88. The van der Waals surface area contributed by atoms with Crippen molar-refractivity contribution in [3.63, 3.8) is 0 Å². The molecule has 1 fully saturated rings. The van der Waals surface area contributed by atoms with E-state index >= 15 is 0 Å². The molecule has 2 heterocycles. The molecule has 19 heavy (non-hydrogen) atoms. The van der Waals surface area contributed by atoms with Crippen molar-refractivity contribution in [2.45, 2.75) is 25.6 Å². The number of rotatable bonds is 4. The number of amides is 1. The van der Waals surface area contributed by atoms with Crippen molar-refractivity contribution >= 4 is 17.2 Å². The van der Waals surface area contributed by atoms with Crippen molar-refractivity contribution in [2.75, 3.05) is 19.8 Å². The highest BCUT2D eigenvalue weighted by atomic mass is 32.1. The molecule has 0 bridgehead atoms. The van der Waals surface area contributed by atoms with Crippen LogP contribution in [-0.2, 0) is 11.3 Å². The van der Waals surface area contributed by atoms with Gasteiger partial charge >= 0.3 is 0 Å². The van der Waals surface area contributed by atoms with Crippen molar-refractivity contribution in [2.24, 2.45) is 5.84 Å². The van der Waals surface area contributed by atoms with Gasteiger partial charge in [-0.1, -0.05) is 0 Å². The molecule has 0 spiro atoms. The first-order valence-electron chi connectivity index (χ1n) is 6.19. The molecule has 4 N–H and O–H groups in total. The van der Waals surface area contributed by atoms with E-state index in [2.05, 4.69) is 17.2 Å². The molecular weight excluding hydrogens is 266 g/mol. The Morgan fingerprint density at radius 2 is 2.53 bits per heavy atom. The maximum Gasteiger partial charge on any atom is 0.275 e. The van der Waals surface area contributed by atoms with Crippen LogP contribution in [0.4, 0.5) is 0 Å². The summed E-state index contributed by atoms with van der Waals surface area (Å²) in [5.74, 6) is 4.92. The number of thiophene rings is 1. The fraction of sp³-hybridized carbons (Fsp3) is 0.583. The third-order valence-electron chi connectivity index (χ3n) is 3.30. The first-order valence-corrected chi connectivity index (χ1v) is 7.07. The molecule has 2 unspecified atom stereocenters. The third kappa shape index (κ3) is 3.31. The summed E-state index contributed by atoms with van der Waals surface area (Å²) in [5, 5.41) is 11.1. The number of carbonyl (C=O) groups excluding carboxylic acids is 1. The van der Waals surface area contributed by atoms with Crippen LogP contribution in [0, 0.1) is 0 Å². The predicted molar refractivity (Wildman–Crippen MR) is 72.7 cm³/mol. The second-order valence-electron chi connectivity index (χ2n) is 4.66. The predicted octanol–water partition coefficient (Wildman–Crippen LogP) is -0.0668. The number of nitrogens with one attached hydrogen (secondary N) is 1. The fourth-order valence-electron chi connectivity index (χ4n) is 2.15. The number of ether oxygens (including phenoxy) is 1. The summed E-state index contributed by atoms with van der Waals surface area (Å²) >= 11 is 1.38. The Morgan fingerprint density at radius 3 is 3.21 bits per heavy atom. The molecule has 1 aliphatic rings. The first-order chi connectivity index (χ1) is 9.15. The highest BCUT2D eigenvalue weighted by molar-refractivity contribution is 7.12. The quantitative estimate of drug-likeness (QED) is 0.409. The number of carbonyl (C=O) groups is 1. The molecule has 0 aromatic carbocycles. The SMILES string of the molecule is CC1COC(CO)CN1Cc1ccsc1C(=O)NN. The molecule has 1 aliphatic heterocycles. The number of aliphatic hydroxyl groups is 1. The van der Waals surface area contributed by atoms with Crippen molar-refractivity contribution in [1.29, 1.82) is 0 Å². The van der Waals surface area contributed by atoms with Gasteiger partial charge in [0.25, 0.3) is 5.91 Å². The van der Waals surface area contributed by atoms with E-state index in [1.165, 1.54) is 11.3 Å². The molecule has 0 radical (unpaired) electrons. The van der Waals surface area contributed by atoms with Gasteiger partial charge in [0.2, 0.25) is 0 Å². The normalized spacial score (nSPS) is 24.4. The van der Waals surface area contributed by atoms with Crippen LogP contribution in [-0.4, -0.2) is 47.8 Å². The Balaban J connectivity index is 2.07. The average molecular weight is 285 g/mol. The van der Waals surface area contributed by atoms with Gasteiger partial charge in [0, 0.05) is 19.1 Å². The number of nitrogens with zero attached hydrogens (tertiary/aromatic N) is 1. The minimum Gasteiger partial charge on any atom is -0.394 e. The number of hydrogen-bond acceptors (Lipinski definition) is 6. The van der Waals surface area contributed by atoms with E-state index in [0.717, 1.165) is 5.56 Å². The Morgan fingerprint density at radius 1 is 1.74 bits per heavy atom. The Labute approximate surface area is 116 Å². The van der Waals surface area contributed by atoms with E-state index in [-0.39, 0.29) is 24.7 Å². The lowest BCUT2D eigenvalue weighted by atomic mass is 10.1. The van der Waals surface area contributed by atoms with Crippen molar-refractivity contribution in [3.8, 4) is 0 Å². The first kappa shape index (κ1) is 14.4. The maximum absolute atomic E-state index is 11.6. The van der Waals surface area contributed by atoms with Gasteiger partial charge in [-0.15, -0.1) is 11.3 Å². The van der Waals surface area contributed by atoms with Crippen LogP contribution in [0.2, 0.25) is 0 Å². The zero-order valence-electron chi connectivity index (χ0n) is 10.8. The number of hydrazine groups is 1. The van der Waals surface area contributed by atoms with E-state index < -0.39 is 0 Å². The summed E-state index contributed by atoms with van der Waals surface area (Å²) < 4.78 is 5.50. The molecule has 0 saturated carbocycles. The van der Waals surface area contributed by atoms with Gasteiger partial charge in [0.05, 0.1) is 24.2 Å². The lowest BCUT2D eigenvalue weighted by Crippen LogP contribution is -2.49. The Kier molecular flexibility index (Phi) is 4.89. The van der Waals surface area contributed by atoms with Crippen LogP contribution < -0.4 is 11.3 Å². The number of aliphatic hydroxyl groups excluding tert-OH is 1. The molecule has 1 aromatic heterocycles. The van der Waals surface area contributed by atoms with E-state index in [4.69, 9.17) is 10.6 Å². The molecule has 1 amide bonds. The van der Waals surface area contributed by atoms with Crippen LogP contribution in [0.25, 0.3) is 0 Å². The largest absolute Gasteiger partial charge is 0.394 e. The van der Waals surface area contributed by atoms with Gasteiger partial charge in [-0.05, 0) is 23.9 Å². The molecule has 106 valence electrons. The summed E-state index contributed by atoms with van der Waals surface area (Å²) in [6.45, 7) is 4.00. The van der Waals surface area contributed by atoms with Crippen molar-refractivity contribution in [3.05, 3.63) is 21.9 Å². The summed E-state index contributed by atoms with van der Waals surface area (Å²) in [5.41, 5.74) is 3.12. The lowest BCUT2D eigenvalue weighted by Gasteiger charge is -2.37. The monoisotopic (exact) mass is 285 g/mol. The third-order valence-corrected chi connectivity index (χ3v) is 4.25. The van der Waals surface area contributed by atoms with Gasteiger partial charge in [-0.3, -0.25) is 15.1 Å². The van der Waals surface area contributed by atoms with E-state index in [0.29, 0.717) is 24.6 Å². The minimum absolute atomic E-state index is 0.0169. The van der Waals surface area contributed by atoms with E-state index in [1.54, 1.807) is 0 Å². The highest BCUT2D eigenvalue weighted by Gasteiger charge is 2.26. The second kappa shape index (κ2) is 6.44. The minimum atomic E-state index is -0.260. The topological polar surface area (TPSA) is 87.8 Å². The summed E-state index contributed by atoms with van der Waals surface area (Å²) in [6.07, 6.45) is -0.151. The van der Waals surface area contributed by atoms with Crippen molar-refractivity contribution < 1.29 is 14.6 Å². The summed E-state index contributed by atoms with van der Waals surface area (Å²) in [6, 6.07) is 2.20. The summed E-state index contributed by atoms with van der Waals surface area (Å²) in [7, 11) is 0. The lowest BCUT2D eigenvalue weighted by molar-refractivity contribution is -0.0805. The number of hydrogen-bond donors (Lipinski definition) is 3. The van der Waals surface area contributed by atoms with Crippen LogP contribution in [0.15, 0.2) is 11.4 Å². The molecule has 2 atom stereocenters. The molecule has 6 nitrogen and oxygen atoms in total. The number of nitrogens with two attached hydrogens (primary N) is 1. The molecule has 7 heteroatoms. The van der Waals surface area contributed by atoms with Crippen LogP contribution in [0.1, 0.15) is 22.2 Å². The molecule has 1 saturated heterocycles. The van der Waals surface area contributed by atoms with Crippen LogP contribution in [0.3, 0.4) is 0 Å². The zero-order valence-corrected chi connectivity index (χ0v) is 11.7. The smallest absolute Gasteiger partial charge is 0.275 e. The maximum atomic E-state index is 11.6. The molecule has 0 aliphatic carbocycles.